The van der Waals surface area contributed by atoms with Crippen LogP contribution in [-0.4, -0.2) is 37.5 Å². The van der Waals surface area contributed by atoms with Crippen LogP contribution >= 0.6 is 0 Å². The van der Waals surface area contributed by atoms with Gasteiger partial charge in [0, 0.05) is 30.2 Å². The average molecular weight is 468 g/mol. The second-order valence-corrected chi connectivity index (χ2v) is 9.17. The van der Waals surface area contributed by atoms with E-state index in [1.54, 1.807) is 55.1 Å². The summed E-state index contributed by atoms with van der Waals surface area (Å²) in [5.41, 5.74) is 2.30. The first-order valence-electron chi connectivity index (χ1n) is 10.4. The third-order valence-corrected chi connectivity index (χ3v) is 6.45. The number of hydrogen-bond acceptors (Lipinski definition) is 7. The van der Waals surface area contributed by atoms with E-state index in [4.69, 9.17) is 4.74 Å². The summed E-state index contributed by atoms with van der Waals surface area (Å²) in [5.74, 6) is 2.73. The summed E-state index contributed by atoms with van der Waals surface area (Å²) < 4.78 is 37.4. The lowest BCUT2D eigenvalue weighted by Gasteiger charge is -2.10. The minimum absolute atomic E-state index is 0.0174. The van der Waals surface area contributed by atoms with E-state index in [9.17, 15) is 8.42 Å². The second-order valence-electron chi connectivity index (χ2n) is 7.54. The maximum atomic E-state index is 12.7. The van der Waals surface area contributed by atoms with E-state index in [0.29, 0.717) is 41.3 Å². The molecule has 0 saturated heterocycles. The van der Waals surface area contributed by atoms with Crippen molar-refractivity contribution in [2.45, 2.75) is 46.2 Å². The van der Waals surface area contributed by atoms with E-state index in [2.05, 4.69) is 24.7 Å². The second kappa shape index (κ2) is 8.66. The number of rotatable bonds is 7. The highest BCUT2D eigenvalue weighted by molar-refractivity contribution is 7.92. The molecule has 4 aromatic rings. The first kappa shape index (κ1) is 22.5. The predicted molar refractivity (Wildman–Crippen MR) is 123 cm³/mol. The molecule has 0 radical (unpaired) electrons. The Labute approximate surface area is 192 Å². The molecule has 0 aliphatic rings. The van der Waals surface area contributed by atoms with Crippen LogP contribution in [0.1, 0.15) is 30.0 Å². The molecular formula is C22H25N7O3S. The predicted octanol–water partition coefficient (Wildman–Crippen LogP) is 3.71. The van der Waals surface area contributed by atoms with E-state index < -0.39 is 10.0 Å². The number of benzene rings is 1. The zero-order chi connectivity index (χ0) is 23.8. The van der Waals surface area contributed by atoms with Gasteiger partial charge in [0.05, 0.1) is 5.69 Å². The Bertz CT molecular complexity index is 1410. The van der Waals surface area contributed by atoms with Gasteiger partial charge in [-0.15, -0.1) is 0 Å². The maximum Gasteiger partial charge on any atom is 0.280 e. The fourth-order valence-corrected chi connectivity index (χ4v) is 4.35. The van der Waals surface area contributed by atoms with Gasteiger partial charge in [0.2, 0.25) is 5.88 Å². The van der Waals surface area contributed by atoms with Gasteiger partial charge in [-0.3, -0.25) is 9.29 Å². The van der Waals surface area contributed by atoms with Gasteiger partial charge in [-0.1, -0.05) is 0 Å². The van der Waals surface area contributed by atoms with Gasteiger partial charge >= 0.3 is 0 Å². The van der Waals surface area contributed by atoms with Crippen LogP contribution in [0.15, 0.2) is 47.9 Å². The highest BCUT2D eigenvalue weighted by atomic mass is 32.2. The number of sulfonamides is 1. The molecule has 0 aliphatic carbocycles. The molecule has 3 heterocycles. The van der Waals surface area contributed by atoms with Gasteiger partial charge < -0.3 is 9.30 Å². The number of aromatic nitrogens is 6. The van der Waals surface area contributed by atoms with E-state index >= 15 is 0 Å². The summed E-state index contributed by atoms with van der Waals surface area (Å²) in [6, 6.07) is 8.29. The summed E-state index contributed by atoms with van der Waals surface area (Å²) in [5, 5.41) is -0.0174. The number of hydrogen-bond donors (Lipinski definition) is 1. The van der Waals surface area contributed by atoms with E-state index in [1.165, 1.54) is 6.20 Å². The summed E-state index contributed by atoms with van der Waals surface area (Å²) >= 11 is 0. The van der Waals surface area contributed by atoms with Crippen LogP contribution in [0.5, 0.6) is 11.6 Å². The molecule has 0 unspecified atom stereocenters. The van der Waals surface area contributed by atoms with Crippen LogP contribution < -0.4 is 9.46 Å². The standard InChI is InChI=1S/C22H25N7O3S/c1-6-28-12-22(26-17(28)5)33(30,31)27-18-7-9-19(10-8-18)32-21-11-20(24-16(4)25-21)29-13-23-14(2)15(29)3/h7-13,27H,6H2,1-5H3. The number of aryl methyl sites for hydroxylation is 4. The monoisotopic (exact) mass is 467 g/mol. The van der Waals surface area contributed by atoms with Crippen molar-refractivity contribution >= 4 is 15.7 Å². The molecule has 10 nitrogen and oxygen atoms in total. The van der Waals surface area contributed by atoms with Gasteiger partial charge in [0.15, 0.2) is 5.03 Å². The molecule has 0 atom stereocenters. The lowest BCUT2D eigenvalue weighted by Crippen LogP contribution is -2.13. The normalized spacial score (nSPS) is 11.5. The third kappa shape index (κ3) is 4.72. The van der Waals surface area contributed by atoms with Gasteiger partial charge in [-0.05, 0) is 58.9 Å². The zero-order valence-corrected chi connectivity index (χ0v) is 19.9. The van der Waals surface area contributed by atoms with Gasteiger partial charge in [-0.2, -0.15) is 13.4 Å². The molecule has 1 N–H and O–H groups in total. The molecular weight excluding hydrogens is 442 g/mol. The lowest BCUT2D eigenvalue weighted by atomic mass is 10.3. The quantitative estimate of drug-likeness (QED) is 0.440. The molecule has 11 heteroatoms. The first-order valence-corrected chi connectivity index (χ1v) is 11.9. The smallest absolute Gasteiger partial charge is 0.280 e. The van der Waals surface area contributed by atoms with Crippen LogP contribution in [-0.2, 0) is 16.6 Å². The Morgan fingerprint density at radius 1 is 1.03 bits per heavy atom. The highest BCUT2D eigenvalue weighted by Crippen LogP contribution is 2.25. The molecule has 4 rings (SSSR count). The molecule has 0 bridgehead atoms. The molecule has 0 spiro atoms. The van der Waals surface area contributed by atoms with Crippen molar-refractivity contribution in [2.75, 3.05) is 4.72 Å². The average Bonchev–Trinajstić information content (AvgIpc) is 3.31. The Morgan fingerprint density at radius 2 is 1.76 bits per heavy atom. The van der Waals surface area contributed by atoms with Crippen LogP contribution in [0.25, 0.3) is 5.82 Å². The van der Waals surface area contributed by atoms with Crippen LogP contribution in [0, 0.1) is 27.7 Å². The Morgan fingerprint density at radius 3 is 2.36 bits per heavy atom. The SMILES string of the molecule is CCn1cc(S(=O)(=O)Nc2ccc(Oc3cc(-n4cnc(C)c4C)nc(C)n3)cc2)nc1C. The van der Waals surface area contributed by atoms with Crippen molar-refractivity contribution < 1.29 is 13.2 Å². The van der Waals surface area contributed by atoms with Gasteiger partial charge in [-0.25, -0.2) is 15.0 Å². The van der Waals surface area contributed by atoms with Crippen molar-refractivity contribution in [3.05, 3.63) is 65.9 Å². The molecule has 0 aliphatic heterocycles. The third-order valence-electron chi connectivity index (χ3n) is 5.20. The number of anilines is 1. The molecule has 0 fully saturated rings. The fraction of sp³-hybridized carbons (Fsp3) is 0.273. The van der Waals surface area contributed by atoms with E-state index in [1.807, 2.05) is 25.3 Å². The maximum absolute atomic E-state index is 12.7. The van der Waals surface area contributed by atoms with E-state index in [-0.39, 0.29) is 5.03 Å². The van der Waals surface area contributed by atoms with Crippen molar-refractivity contribution in [2.24, 2.45) is 0 Å². The number of imidazole rings is 2. The molecule has 1 aromatic carbocycles. The van der Waals surface area contributed by atoms with Gasteiger partial charge in [0.1, 0.15) is 29.5 Å². The largest absolute Gasteiger partial charge is 0.439 e. The summed E-state index contributed by atoms with van der Waals surface area (Å²) in [4.78, 5) is 17.3. The van der Waals surface area contributed by atoms with Crippen LogP contribution in [0.2, 0.25) is 0 Å². The van der Waals surface area contributed by atoms with Crippen LogP contribution in [0.3, 0.4) is 0 Å². The number of ether oxygens (including phenoxy) is 1. The van der Waals surface area contributed by atoms with E-state index in [0.717, 1.165) is 11.4 Å². The minimum atomic E-state index is -3.79. The minimum Gasteiger partial charge on any atom is -0.439 e. The topological polar surface area (TPSA) is 117 Å². The highest BCUT2D eigenvalue weighted by Gasteiger charge is 2.19. The summed E-state index contributed by atoms with van der Waals surface area (Å²) in [6.07, 6.45) is 3.23. The Balaban J connectivity index is 1.51. The molecule has 3 aromatic heterocycles. The number of nitrogens with one attached hydrogen (secondary N) is 1. The van der Waals surface area contributed by atoms with Crippen molar-refractivity contribution in [1.82, 2.24) is 29.1 Å². The summed E-state index contributed by atoms with van der Waals surface area (Å²) in [7, 11) is -3.79. The van der Waals surface area contributed by atoms with Crippen LogP contribution in [0.4, 0.5) is 5.69 Å². The first-order chi connectivity index (χ1) is 15.7. The molecule has 0 saturated carbocycles. The Hall–Kier alpha value is -3.73. The molecule has 33 heavy (non-hydrogen) atoms. The fourth-order valence-electron chi connectivity index (χ4n) is 3.28. The van der Waals surface area contributed by atoms with Crippen molar-refractivity contribution in [3.8, 4) is 17.4 Å². The van der Waals surface area contributed by atoms with Gasteiger partial charge in [0.25, 0.3) is 10.0 Å². The molecule has 172 valence electrons. The lowest BCUT2D eigenvalue weighted by molar-refractivity contribution is 0.459. The van der Waals surface area contributed by atoms with Crippen molar-refractivity contribution in [1.29, 1.82) is 0 Å². The Kier molecular flexibility index (Phi) is 5.90. The molecule has 0 amide bonds. The van der Waals surface area contributed by atoms with Crippen molar-refractivity contribution in [3.63, 3.8) is 0 Å². The summed E-state index contributed by atoms with van der Waals surface area (Å²) in [6.45, 7) is 10.0. The zero-order valence-electron chi connectivity index (χ0n) is 19.1. The number of nitrogens with zero attached hydrogens (tertiary/aromatic N) is 6.